The molecule has 0 radical (unpaired) electrons. The summed E-state index contributed by atoms with van der Waals surface area (Å²) in [5.74, 6) is -0.124. The van der Waals surface area contributed by atoms with Gasteiger partial charge in [0.2, 0.25) is 11.7 Å². The van der Waals surface area contributed by atoms with Gasteiger partial charge in [0.1, 0.15) is 0 Å². The quantitative estimate of drug-likeness (QED) is 0.674. The summed E-state index contributed by atoms with van der Waals surface area (Å²) in [6.45, 7) is 0. The fourth-order valence-electron chi connectivity index (χ4n) is 1.48. The highest BCUT2D eigenvalue weighted by atomic mass is 16.3. The Kier molecular flexibility index (Phi) is 3.10. The lowest BCUT2D eigenvalue weighted by Crippen LogP contribution is -2.15. The van der Waals surface area contributed by atoms with E-state index in [2.05, 4.69) is 20.6 Å². The van der Waals surface area contributed by atoms with Gasteiger partial charge in [0.25, 0.3) is 0 Å². The summed E-state index contributed by atoms with van der Waals surface area (Å²) in [6, 6.07) is 6.92. The molecule has 0 aliphatic rings. The SMILES string of the molecule is NC(=O)CC(O)c1cccc(-c2nn[nH]n2)c1. The molecule has 0 fully saturated rings. The lowest BCUT2D eigenvalue weighted by molar-refractivity contribution is -0.119. The Balaban J connectivity index is 2.25. The van der Waals surface area contributed by atoms with Crippen molar-refractivity contribution in [1.82, 2.24) is 20.6 Å². The van der Waals surface area contributed by atoms with Gasteiger partial charge in [0.15, 0.2) is 0 Å². The van der Waals surface area contributed by atoms with E-state index in [-0.39, 0.29) is 6.42 Å². The first-order valence-electron chi connectivity index (χ1n) is 4.97. The molecule has 1 heterocycles. The number of carbonyl (C=O) groups excluding carboxylic acids is 1. The van der Waals surface area contributed by atoms with Crippen molar-refractivity contribution in [2.75, 3.05) is 0 Å². The summed E-state index contributed by atoms with van der Waals surface area (Å²) < 4.78 is 0. The molecule has 1 aromatic carbocycles. The van der Waals surface area contributed by atoms with E-state index in [9.17, 15) is 9.90 Å². The molecule has 0 saturated carbocycles. The number of aliphatic hydroxyl groups excluding tert-OH is 1. The number of nitrogens with two attached hydrogens (primary N) is 1. The molecule has 2 rings (SSSR count). The fraction of sp³-hybridized carbons (Fsp3) is 0.200. The van der Waals surface area contributed by atoms with E-state index < -0.39 is 12.0 Å². The summed E-state index contributed by atoms with van der Waals surface area (Å²) in [5, 5.41) is 23.2. The molecule has 0 spiro atoms. The third kappa shape index (κ3) is 2.64. The van der Waals surface area contributed by atoms with Crippen LogP contribution >= 0.6 is 0 Å². The highest BCUT2D eigenvalue weighted by Gasteiger charge is 2.12. The van der Waals surface area contributed by atoms with Gasteiger partial charge >= 0.3 is 0 Å². The van der Waals surface area contributed by atoms with E-state index in [4.69, 9.17) is 5.73 Å². The maximum atomic E-state index is 10.7. The van der Waals surface area contributed by atoms with Crippen molar-refractivity contribution in [1.29, 1.82) is 0 Å². The number of H-pyrrole nitrogens is 1. The maximum absolute atomic E-state index is 10.7. The molecule has 1 aromatic heterocycles. The predicted octanol–water partition coefficient (Wildman–Crippen LogP) is -0.225. The van der Waals surface area contributed by atoms with Crippen LogP contribution in [0.15, 0.2) is 24.3 Å². The van der Waals surface area contributed by atoms with Crippen LogP contribution in [-0.4, -0.2) is 31.6 Å². The molecule has 88 valence electrons. The number of carbonyl (C=O) groups is 1. The number of nitrogens with zero attached hydrogens (tertiary/aromatic N) is 3. The van der Waals surface area contributed by atoms with Crippen molar-refractivity contribution in [3.8, 4) is 11.4 Å². The molecule has 1 atom stereocenters. The molecular weight excluding hydrogens is 222 g/mol. The lowest BCUT2D eigenvalue weighted by Gasteiger charge is -2.09. The standard InChI is InChI=1S/C10H11N5O2/c11-9(17)5-8(16)6-2-1-3-7(4-6)10-12-14-15-13-10/h1-4,8,16H,5H2,(H2,11,17)(H,12,13,14,15). The van der Waals surface area contributed by atoms with E-state index in [1.807, 2.05) is 0 Å². The number of benzene rings is 1. The maximum Gasteiger partial charge on any atom is 0.220 e. The van der Waals surface area contributed by atoms with Gasteiger partial charge in [-0.15, -0.1) is 10.2 Å². The number of amides is 1. The van der Waals surface area contributed by atoms with Gasteiger partial charge in [0, 0.05) is 5.56 Å². The van der Waals surface area contributed by atoms with Crippen LogP contribution in [0.1, 0.15) is 18.1 Å². The van der Waals surface area contributed by atoms with Crippen molar-refractivity contribution in [2.45, 2.75) is 12.5 Å². The van der Waals surface area contributed by atoms with E-state index in [1.165, 1.54) is 0 Å². The monoisotopic (exact) mass is 233 g/mol. The fourth-order valence-corrected chi connectivity index (χ4v) is 1.48. The van der Waals surface area contributed by atoms with Crippen molar-refractivity contribution >= 4 is 5.91 Å². The molecule has 1 amide bonds. The summed E-state index contributed by atoms with van der Waals surface area (Å²) in [7, 11) is 0. The second-order valence-electron chi connectivity index (χ2n) is 3.55. The van der Waals surface area contributed by atoms with Gasteiger partial charge in [0.05, 0.1) is 12.5 Å². The summed E-state index contributed by atoms with van der Waals surface area (Å²) in [6.07, 6.45) is -1.03. The summed E-state index contributed by atoms with van der Waals surface area (Å²) >= 11 is 0. The zero-order valence-corrected chi connectivity index (χ0v) is 8.87. The van der Waals surface area contributed by atoms with Crippen LogP contribution in [0.25, 0.3) is 11.4 Å². The first-order chi connectivity index (χ1) is 8.16. The molecule has 7 heteroatoms. The molecule has 17 heavy (non-hydrogen) atoms. The number of hydrogen-bond acceptors (Lipinski definition) is 5. The van der Waals surface area contributed by atoms with Crippen LogP contribution in [-0.2, 0) is 4.79 Å². The van der Waals surface area contributed by atoms with Gasteiger partial charge < -0.3 is 10.8 Å². The van der Waals surface area contributed by atoms with Crippen LogP contribution in [0.4, 0.5) is 0 Å². The molecule has 4 N–H and O–H groups in total. The minimum atomic E-state index is -0.917. The normalized spacial score (nSPS) is 12.3. The second-order valence-corrected chi connectivity index (χ2v) is 3.55. The molecular formula is C10H11N5O2. The molecule has 0 aliphatic carbocycles. The highest BCUT2D eigenvalue weighted by molar-refractivity contribution is 5.74. The van der Waals surface area contributed by atoms with E-state index in [0.717, 1.165) is 0 Å². The van der Waals surface area contributed by atoms with Crippen molar-refractivity contribution < 1.29 is 9.90 Å². The van der Waals surface area contributed by atoms with Gasteiger partial charge in [-0.3, -0.25) is 4.79 Å². The number of rotatable bonds is 4. The lowest BCUT2D eigenvalue weighted by atomic mass is 10.0. The van der Waals surface area contributed by atoms with Crippen molar-refractivity contribution in [2.24, 2.45) is 5.73 Å². The smallest absolute Gasteiger partial charge is 0.220 e. The van der Waals surface area contributed by atoms with E-state index >= 15 is 0 Å². The number of primary amides is 1. The number of aliphatic hydroxyl groups is 1. The zero-order chi connectivity index (χ0) is 12.3. The Bertz CT molecular complexity index is 511. The largest absolute Gasteiger partial charge is 0.388 e. The second kappa shape index (κ2) is 4.71. The van der Waals surface area contributed by atoms with Gasteiger partial charge in [-0.2, -0.15) is 5.21 Å². The van der Waals surface area contributed by atoms with Crippen LogP contribution in [0.3, 0.4) is 0 Å². The van der Waals surface area contributed by atoms with Crippen molar-refractivity contribution in [3.63, 3.8) is 0 Å². The molecule has 2 aromatic rings. The zero-order valence-electron chi connectivity index (χ0n) is 8.87. The molecule has 1 unspecified atom stereocenters. The number of nitrogens with one attached hydrogen (secondary N) is 1. The van der Waals surface area contributed by atoms with Crippen LogP contribution in [0, 0.1) is 0 Å². The average molecular weight is 233 g/mol. The molecule has 0 saturated heterocycles. The summed E-state index contributed by atoms with van der Waals surface area (Å²) in [4.78, 5) is 10.7. The minimum absolute atomic E-state index is 0.115. The Morgan fingerprint density at radius 2 is 2.35 bits per heavy atom. The van der Waals surface area contributed by atoms with E-state index in [0.29, 0.717) is 17.0 Å². The predicted molar refractivity (Wildman–Crippen MR) is 58.4 cm³/mol. The Hall–Kier alpha value is -2.28. The highest BCUT2D eigenvalue weighted by Crippen LogP contribution is 2.21. The van der Waals surface area contributed by atoms with Crippen LogP contribution < -0.4 is 5.73 Å². The van der Waals surface area contributed by atoms with Crippen LogP contribution in [0.2, 0.25) is 0 Å². The topological polar surface area (TPSA) is 118 Å². The molecule has 0 bridgehead atoms. The first kappa shape index (κ1) is 11.2. The Morgan fingerprint density at radius 1 is 1.53 bits per heavy atom. The van der Waals surface area contributed by atoms with Gasteiger partial charge in [-0.1, -0.05) is 18.2 Å². The first-order valence-corrected chi connectivity index (χ1v) is 4.97. The van der Waals surface area contributed by atoms with Gasteiger partial charge in [-0.05, 0) is 16.8 Å². The Morgan fingerprint density at radius 3 is 3.00 bits per heavy atom. The summed E-state index contributed by atoms with van der Waals surface area (Å²) in [5.41, 5.74) is 6.32. The molecule has 0 aliphatic heterocycles. The Labute approximate surface area is 96.7 Å². The average Bonchev–Trinajstić information content (AvgIpc) is 2.82. The van der Waals surface area contributed by atoms with Crippen molar-refractivity contribution in [3.05, 3.63) is 29.8 Å². The third-order valence-corrected chi connectivity index (χ3v) is 2.27. The van der Waals surface area contributed by atoms with E-state index in [1.54, 1.807) is 24.3 Å². The molecule has 7 nitrogen and oxygen atoms in total. The number of hydrogen-bond donors (Lipinski definition) is 3. The minimum Gasteiger partial charge on any atom is -0.388 e. The van der Waals surface area contributed by atoms with Gasteiger partial charge in [-0.25, -0.2) is 0 Å². The number of aromatic nitrogens is 4. The van der Waals surface area contributed by atoms with Crippen LogP contribution in [0.5, 0.6) is 0 Å². The third-order valence-electron chi connectivity index (χ3n) is 2.27. The number of tetrazole rings is 1. The number of aromatic amines is 1.